The number of hydrogen-bond acceptors (Lipinski definition) is 4. The van der Waals surface area contributed by atoms with Crippen LogP contribution >= 0.6 is 23.2 Å². The Kier molecular flexibility index (Phi) is 7.25. The number of carbonyl (C=O) groups is 1. The average Bonchev–Trinajstić information content (AvgIpc) is 3.56. The lowest BCUT2D eigenvalue weighted by Crippen LogP contribution is -2.44. The number of methoxy groups -OCH3 is 1. The highest BCUT2D eigenvalue weighted by molar-refractivity contribution is 6.34. The van der Waals surface area contributed by atoms with Crippen LogP contribution in [0.15, 0.2) is 30.3 Å². The second kappa shape index (κ2) is 9.96. The summed E-state index contributed by atoms with van der Waals surface area (Å²) < 4.78 is 26.2. The van der Waals surface area contributed by atoms with E-state index in [1.54, 1.807) is 13.2 Å². The molecule has 0 radical (unpaired) electrons. The maximum absolute atomic E-state index is 14.4. The predicted octanol–water partition coefficient (Wildman–Crippen LogP) is 5.94. The summed E-state index contributed by atoms with van der Waals surface area (Å²) in [5.41, 5.74) is 1.46. The molecule has 2 aromatic carbocycles. The maximum atomic E-state index is 14.4. The Balaban J connectivity index is 1.55. The van der Waals surface area contributed by atoms with Crippen LogP contribution in [0.2, 0.25) is 10.0 Å². The van der Waals surface area contributed by atoms with E-state index in [1.807, 2.05) is 12.1 Å². The van der Waals surface area contributed by atoms with E-state index in [2.05, 4.69) is 4.90 Å². The lowest BCUT2D eigenvalue weighted by Gasteiger charge is -2.38. The molecule has 2 atom stereocenters. The van der Waals surface area contributed by atoms with Crippen molar-refractivity contribution in [1.82, 2.24) is 4.90 Å². The summed E-state index contributed by atoms with van der Waals surface area (Å²) in [6.45, 7) is 1.96. The van der Waals surface area contributed by atoms with Crippen molar-refractivity contribution in [3.8, 4) is 5.75 Å². The molecule has 1 unspecified atom stereocenters. The highest BCUT2D eigenvalue weighted by Crippen LogP contribution is 2.45. The van der Waals surface area contributed by atoms with Gasteiger partial charge in [-0.15, -0.1) is 0 Å². The van der Waals surface area contributed by atoms with Gasteiger partial charge in [0.2, 0.25) is 0 Å². The molecular formula is C24H26Cl2FNO4. The summed E-state index contributed by atoms with van der Waals surface area (Å²) in [4.78, 5) is 13.6. The number of nitrogens with zero attached hydrogens (tertiary/aromatic N) is 1. The quantitative estimate of drug-likeness (QED) is 0.505. The van der Waals surface area contributed by atoms with E-state index in [0.717, 1.165) is 43.4 Å². The molecule has 0 bridgehead atoms. The van der Waals surface area contributed by atoms with Gasteiger partial charge < -0.3 is 14.6 Å². The van der Waals surface area contributed by atoms with Crippen LogP contribution in [0.25, 0.3) is 0 Å². The Bertz CT molecular complexity index is 978. The number of benzene rings is 2. The van der Waals surface area contributed by atoms with Gasteiger partial charge in [-0.2, -0.15) is 0 Å². The van der Waals surface area contributed by atoms with Crippen molar-refractivity contribution in [2.75, 3.05) is 26.8 Å². The van der Waals surface area contributed by atoms with Gasteiger partial charge in [0.15, 0.2) is 0 Å². The molecule has 1 heterocycles. The van der Waals surface area contributed by atoms with E-state index >= 15 is 0 Å². The predicted molar refractivity (Wildman–Crippen MR) is 122 cm³/mol. The third kappa shape index (κ3) is 5.37. The molecule has 1 N–H and O–H groups in total. The van der Waals surface area contributed by atoms with Crippen molar-refractivity contribution in [3.63, 3.8) is 0 Å². The van der Waals surface area contributed by atoms with Crippen LogP contribution in [0.5, 0.6) is 5.75 Å². The Morgan fingerprint density at radius 1 is 1.19 bits per heavy atom. The van der Waals surface area contributed by atoms with Crippen molar-refractivity contribution >= 4 is 29.2 Å². The summed E-state index contributed by atoms with van der Waals surface area (Å²) in [5.74, 6) is -1.34. The maximum Gasteiger partial charge on any atom is 0.338 e. The van der Waals surface area contributed by atoms with Gasteiger partial charge in [-0.3, -0.25) is 4.90 Å². The number of rotatable bonds is 8. The van der Waals surface area contributed by atoms with Crippen molar-refractivity contribution in [1.29, 1.82) is 0 Å². The fourth-order valence-corrected chi connectivity index (χ4v) is 4.96. The lowest BCUT2D eigenvalue weighted by atomic mass is 10.0. The minimum atomic E-state index is -1.26. The Hall–Kier alpha value is -1.86. The molecule has 8 heteroatoms. The molecule has 32 heavy (non-hydrogen) atoms. The Labute approximate surface area is 197 Å². The zero-order valence-electron chi connectivity index (χ0n) is 17.8. The van der Waals surface area contributed by atoms with Gasteiger partial charge in [-0.25, -0.2) is 9.18 Å². The van der Waals surface area contributed by atoms with Crippen LogP contribution in [0.1, 0.15) is 59.1 Å². The van der Waals surface area contributed by atoms with Crippen LogP contribution in [-0.4, -0.2) is 48.9 Å². The molecule has 5 nitrogen and oxygen atoms in total. The molecular weight excluding hydrogens is 456 g/mol. The van der Waals surface area contributed by atoms with Crippen molar-refractivity contribution in [3.05, 3.63) is 62.9 Å². The minimum absolute atomic E-state index is 0.0448. The second-order valence-electron chi connectivity index (χ2n) is 8.50. The van der Waals surface area contributed by atoms with Gasteiger partial charge in [-0.05, 0) is 73.5 Å². The van der Waals surface area contributed by atoms with Gasteiger partial charge in [0.1, 0.15) is 17.7 Å². The van der Waals surface area contributed by atoms with E-state index in [1.165, 1.54) is 12.1 Å². The summed E-state index contributed by atoms with van der Waals surface area (Å²) in [6.07, 6.45) is 3.52. The first-order valence-corrected chi connectivity index (χ1v) is 11.5. The van der Waals surface area contributed by atoms with Crippen molar-refractivity contribution in [2.24, 2.45) is 0 Å². The smallest absolute Gasteiger partial charge is 0.338 e. The van der Waals surface area contributed by atoms with Crippen molar-refractivity contribution < 1.29 is 23.8 Å². The van der Waals surface area contributed by atoms with E-state index < -0.39 is 11.8 Å². The Morgan fingerprint density at radius 2 is 1.91 bits per heavy atom. The van der Waals surface area contributed by atoms with Crippen molar-refractivity contribution in [2.45, 2.75) is 43.7 Å². The van der Waals surface area contributed by atoms with Crippen LogP contribution < -0.4 is 4.74 Å². The largest absolute Gasteiger partial charge is 0.489 e. The van der Waals surface area contributed by atoms with Gasteiger partial charge >= 0.3 is 5.97 Å². The highest BCUT2D eigenvalue weighted by atomic mass is 35.5. The second-order valence-corrected chi connectivity index (χ2v) is 9.37. The molecule has 2 aliphatic rings. The molecule has 2 fully saturated rings. The number of ether oxygens (including phenoxy) is 2. The first kappa shape index (κ1) is 23.3. The van der Waals surface area contributed by atoms with E-state index in [0.29, 0.717) is 28.9 Å². The molecule has 1 aliphatic carbocycles. The Morgan fingerprint density at radius 3 is 2.53 bits per heavy atom. The number of aromatic carboxylic acids is 1. The fraction of sp³-hybridized carbons (Fsp3) is 0.458. The molecule has 0 spiro atoms. The van der Waals surface area contributed by atoms with Gasteiger partial charge in [-0.1, -0.05) is 23.2 Å². The third-order valence-electron chi connectivity index (χ3n) is 6.09. The molecule has 2 aromatic rings. The third-order valence-corrected chi connectivity index (χ3v) is 6.52. The average molecular weight is 482 g/mol. The minimum Gasteiger partial charge on any atom is -0.489 e. The first-order chi connectivity index (χ1) is 15.4. The van der Waals surface area contributed by atoms with Crippen LogP contribution in [-0.2, 0) is 4.74 Å². The fourth-order valence-electron chi connectivity index (χ4n) is 4.41. The molecule has 1 aliphatic heterocycles. The first-order valence-electron chi connectivity index (χ1n) is 10.8. The zero-order chi connectivity index (χ0) is 22.8. The van der Waals surface area contributed by atoms with E-state index in [4.69, 9.17) is 32.7 Å². The normalized spacial score (nSPS) is 20.2. The topological polar surface area (TPSA) is 59.0 Å². The van der Waals surface area contributed by atoms with Crippen LogP contribution in [0, 0.1) is 5.82 Å². The standard InChI is InChI=1S/C24H26Cl2FNO4/c1-31-13-22(15-7-16(25)9-17(26)8-15)28-6-2-3-18(12-28)32-23-11-21(27)20(24(29)30)10-19(23)14-4-5-14/h7-11,14,18,22H,2-6,12-13H2,1H3,(H,29,30)/t18-,22?/m1/s1. The number of likely N-dealkylation sites (tertiary alicyclic amines) is 1. The molecule has 1 saturated heterocycles. The van der Waals surface area contributed by atoms with E-state index in [-0.39, 0.29) is 23.6 Å². The number of hydrogen-bond donors (Lipinski definition) is 1. The lowest BCUT2D eigenvalue weighted by molar-refractivity contribution is 0.0284. The van der Waals surface area contributed by atoms with Gasteiger partial charge in [0.25, 0.3) is 0 Å². The number of piperidine rings is 1. The summed E-state index contributed by atoms with van der Waals surface area (Å²) in [6, 6.07) is 8.12. The SMILES string of the molecule is COCC(c1cc(Cl)cc(Cl)c1)N1CCC[C@@H](Oc2cc(F)c(C(=O)O)cc2C2CC2)C1. The highest BCUT2D eigenvalue weighted by Gasteiger charge is 2.32. The van der Waals surface area contributed by atoms with Crippen LogP contribution in [0.4, 0.5) is 4.39 Å². The molecule has 0 amide bonds. The molecule has 172 valence electrons. The molecule has 0 aromatic heterocycles. The number of carboxylic acid groups (broad SMARTS) is 1. The summed E-state index contributed by atoms with van der Waals surface area (Å²) in [5, 5.41) is 10.4. The number of halogens is 3. The summed E-state index contributed by atoms with van der Waals surface area (Å²) in [7, 11) is 1.66. The van der Waals surface area contributed by atoms with Gasteiger partial charge in [0.05, 0.1) is 18.2 Å². The molecule has 1 saturated carbocycles. The number of carboxylic acids is 1. The monoisotopic (exact) mass is 481 g/mol. The van der Waals surface area contributed by atoms with Crippen LogP contribution in [0.3, 0.4) is 0 Å². The van der Waals surface area contributed by atoms with E-state index in [9.17, 15) is 14.3 Å². The van der Waals surface area contributed by atoms with Gasteiger partial charge in [0, 0.05) is 29.8 Å². The zero-order valence-corrected chi connectivity index (χ0v) is 19.3. The summed E-state index contributed by atoms with van der Waals surface area (Å²) >= 11 is 12.5. The molecule has 4 rings (SSSR count).